The number of hydrogen-bond acceptors (Lipinski definition) is 4. The summed E-state index contributed by atoms with van der Waals surface area (Å²) >= 11 is 0. The summed E-state index contributed by atoms with van der Waals surface area (Å²) in [6.45, 7) is 8.47. The summed E-state index contributed by atoms with van der Waals surface area (Å²) in [6, 6.07) is 0. The maximum atomic E-state index is 12.4. The first-order valence-electron chi connectivity index (χ1n) is 9.24. The van der Waals surface area contributed by atoms with Crippen LogP contribution < -0.4 is 0 Å². The highest BCUT2D eigenvalue weighted by Crippen LogP contribution is 2.77. The molecule has 23 heavy (non-hydrogen) atoms. The Balaban J connectivity index is 1.62. The van der Waals surface area contributed by atoms with Gasteiger partial charge in [0, 0.05) is 10.8 Å². The van der Waals surface area contributed by atoms with E-state index in [1.165, 1.54) is 12.8 Å². The molecule has 2 bridgehead atoms. The van der Waals surface area contributed by atoms with Gasteiger partial charge in [0.2, 0.25) is 6.29 Å². The third-order valence-corrected chi connectivity index (χ3v) is 8.84. The van der Waals surface area contributed by atoms with Crippen LogP contribution in [0.15, 0.2) is 0 Å². The van der Waals surface area contributed by atoms with Crippen molar-refractivity contribution < 1.29 is 19.4 Å². The molecule has 3 aliphatic carbocycles. The fraction of sp³-hybridized carbons (Fsp3) is 0.947. The normalized spacial score (nSPS) is 62.0. The van der Waals surface area contributed by atoms with Crippen molar-refractivity contribution in [3.63, 3.8) is 0 Å². The quantitative estimate of drug-likeness (QED) is 0.551. The van der Waals surface area contributed by atoms with Crippen LogP contribution >= 0.6 is 0 Å². The molecule has 3 saturated carbocycles. The van der Waals surface area contributed by atoms with Gasteiger partial charge in [-0.2, -0.15) is 0 Å². The van der Waals surface area contributed by atoms with E-state index >= 15 is 0 Å². The highest BCUT2D eigenvalue weighted by molar-refractivity contribution is 5.77. The van der Waals surface area contributed by atoms with Crippen LogP contribution in [0.1, 0.15) is 59.8 Å². The van der Waals surface area contributed by atoms with Crippen molar-refractivity contribution in [2.24, 2.45) is 34.0 Å². The van der Waals surface area contributed by atoms with Gasteiger partial charge in [-0.05, 0) is 70.6 Å². The fourth-order valence-corrected chi connectivity index (χ4v) is 7.67. The summed E-state index contributed by atoms with van der Waals surface area (Å²) in [7, 11) is 0. The van der Waals surface area contributed by atoms with Crippen LogP contribution in [-0.2, 0) is 14.3 Å². The van der Waals surface area contributed by atoms with Gasteiger partial charge in [-0.1, -0.05) is 6.92 Å². The Morgan fingerprint density at radius 1 is 1.09 bits per heavy atom. The van der Waals surface area contributed by atoms with E-state index in [9.17, 15) is 9.90 Å². The van der Waals surface area contributed by atoms with Crippen LogP contribution in [0.25, 0.3) is 0 Å². The summed E-state index contributed by atoms with van der Waals surface area (Å²) in [5, 5.41) is 10.8. The van der Waals surface area contributed by atoms with Crippen molar-refractivity contribution in [1.29, 1.82) is 0 Å². The number of epoxide rings is 1. The molecule has 8 atom stereocenters. The molecule has 128 valence electrons. The monoisotopic (exact) mass is 320 g/mol. The van der Waals surface area contributed by atoms with Crippen molar-refractivity contribution in [1.82, 2.24) is 0 Å². The lowest BCUT2D eigenvalue weighted by molar-refractivity contribution is -0.287. The number of rotatable bonds is 0. The van der Waals surface area contributed by atoms with Crippen LogP contribution in [0.4, 0.5) is 0 Å². The number of aliphatic hydroxyl groups excluding tert-OH is 1. The van der Waals surface area contributed by atoms with Gasteiger partial charge in [0.15, 0.2) is 0 Å². The van der Waals surface area contributed by atoms with Gasteiger partial charge in [0.1, 0.15) is 0 Å². The molecule has 0 amide bonds. The highest BCUT2D eigenvalue weighted by Gasteiger charge is 2.80. The van der Waals surface area contributed by atoms with Crippen LogP contribution in [0.2, 0.25) is 0 Å². The van der Waals surface area contributed by atoms with Crippen molar-refractivity contribution in [2.45, 2.75) is 77.8 Å². The average molecular weight is 320 g/mol. The minimum Gasteiger partial charge on any atom is -0.435 e. The maximum Gasteiger partial charge on any atom is 0.314 e. The topological polar surface area (TPSA) is 59.1 Å². The van der Waals surface area contributed by atoms with Gasteiger partial charge in [0.05, 0.1) is 17.1 Å². The van der Waals surface area contributed by atoms with Crippen LogP contribution in [0.3, 0.4) is 0 Å². The Labute approximate surface area is 137 Å². The van der Waals surface area contributed by atoms with E-state index in [0.29, 0.717) is 17.9 Å². The SMILES string of the molecule is CC1(C)C(=O)OC(O)[C@@]2(C)[C@H]1CC[C@]13C[C@@H](CC[C@@H]12)[C@@]1(C)OC31. The molecule has 1 spiro atoms. The molecule has 0 radical (unpaired) electrons. The minimum atomic E-state index is -0.975. The summed E-state index contributed by atoms with van der Waals surface area (Å²) in [4.78, 5) is 12.4. The smallest absolute Gasteiger partial charge is 0.314 e. The predicted octanol–water partition coefficient (Wildman–Crippen LogP) is 2.88. The molecule has 5 rings (SSSR count). The van der Waals surface area contributed by atoms with Crippen molar-refractivity contribution in [2.75, 3.05) is 0 Å². The van der Waals surface area contributed by atoms with E-state index < -0.39 is 11.7 Å². The first-order valence-corrected chi connectivity index (χ1v) is 9.24. The zero-order valence-electron chi connectivity index (χ0n) is 14.6. The number of hydrogen-bond donors (Lipinski definition) is 1. The van der Waals surface area contributed by atoms with Crippen molar-refractivity contribution in [3.05, 3.63) is 0 Å². The molecule has 0 aromatic carbocycles. The number of aliphatic hydroxyl groups is 1. The molecular weight excluding hydrogens is 292 g/mol. The zero-order chi connectivity index (χ0) is 16.4. The number of cyclic esters (lactones) is 1. The van der Waals surface area contributed by atoms with E-state index in [1.807, 2.05) is 13.8 Å². The van der Waals surface area contributed by atoms with Gasteiger partial charge in [0.25, 0.3) is 0 Å². The Bertz CT molecular complexity index is 600. The lowest BCUT2D eigenvalue weighted by atomic mass is 9.43. The number of ether oxygens (including phenoxy) is 2. The summed E-state index contributed by atoms with van der Waals surface area (Å²) in [6.07, 6.45) is 5.08. The maximum absolute atomic E-state index is 12.4. The van der Waals surface area contributed by atoms with E-state index in [0.717, 1.165) is 19.3 Å². The third-order valence-electron chi connectivity index (χ3n) is 8.84. The second-order valence-corrected chi connectivity index (χ2v) is 9.88. The average Bonchev–Trinajstić information content (AvgIpc) is 3.15. The molecule has 2 saturated heterocycles. The minimum absolute atomic E-state index is 0.0871. The molecule has 2 aliphatic heterocycles. The summed E-state index contributed by atoms with van der Waals surface area (Å²) in [5.41, 5.74) is -0.579. The lowest BCUT2D eigenvalue weighted by Gasteiger charge is -2.63. The molecule has 5 aliphatic rings. The third kappa shape index (κ3) is 1.38. The molecule has 4 heteroatoms. The summed E-state index contributed by atoms with van der Waals surface area (Å²) < 4.78 is 11.7. The van der Waals surface area contributed by atoms with E-state index in [1.54, 1.807) is 0 Å². The van der Waals surface area contributed by atoms with Gasteiger partial charge in [-0.15, -0.1) is 0 Å². The predicted molar refractivity (Wildman–Crippen MR) is 83.3 cm³/mol. The van der Waals surface area contributed by atoms with Crippen LogP contribution in [-0.4, -0.2) is 29.1 Å². The van der Waals surface area contributed by atoms with Crippen LogP contribution in [0.5, 0.6) is 0 Å². The number of fused-ring (bicyclic) bond motifs is 5. The second kappa shape index (κ2) is 3.80. The fourth-order valence-electron chi connectivity index (χ4n) is 7.67. The molecule has 5 fully saturated rings. The van der Waals surface area contributed by atoms with Gasteiger partial charge < -0.3 is 14.6 Å². The summed E-state index contributed by atoms with van der Waals surface area (Å²) in [5.74, 6) is 1.02. The Kier molecular flexibility index (Phi) is 2.43. The number of carbonyl (C=O) groups is 1. The Morgan fingerprint density at radius 2 is 1.83 bits per heavy atom. The van der Waals surface area contributed by atoms with Crippen LogP contribution in [0, 0.1) is 34.0 Å². The molecule has 4 nitrogen and oxygen atoms in total. The molecular formula is C19H28O4. The van der Waals surface area contributed by atoms with Gasteiger partial charge in [-0.3, -0.25) is 4.79 Å². The molecule has 2 heterocycles. The van der Waals surface area contributed by atoms with Gasteiger partial charge in [-0.25, -0.2) is 0 Å². The highest BCUT2D eigenvalue weighted by atomic mass is 16.6. The van der Waals surface area contributed by atoms with E-state index in [2.05, 4.69) is 13.8 Å². The molecule has 0 aromatic heterocycles. The molecule has 1 N–H and O–H groups in total. The number of esters is 1. The van der Waals surface area contributed by atoms with Crippen molar-refractivity contribution in [3.8, 4) is 0 Å². The lowest BCUT2D eigenvalue weighted by Crippen LogP contribution is -2.65. The van der Waals surface area contributed by atoms with E-state index in [4.69, 9.17) is 9.47 Å². The zero-order valence-corrected chi connectivity index (χ0v) is 14.6. The Hall–Kier alpha value is -0.610. The van der Waals surface area contributed by atoms with Crippen molar-refractivity contribution >= 4 is 5.97 Å². The van der Waals surface area contributed by atoms with Gasteiger partial charge >= 0.3 is 5.97 Å². The first kappa shape index (κ1) is 14.7. The largest absolute Gasteiger partial charge is 0.435 e. The Morgan fingerprint density at radius 3 is 2.57 bits per heavy atom. The van der Waals surface area contributed by atoms with E-state index in [-0.39, 0.29) is 28.3 Å². The standard InChI is InChI=1S/C19H28O4/c1-16(2)11-7-8-19-9-10(18(4)13(19)23-18)5-6-12(19)17(11,3)15(21)22-14(16)20/h10-13,15,21H,5-9H2,1-4H3/t10-,11+,12-,13?,15?,17+,18-,19+/m1/s1. The second-order valence-electron chi connectivity index (χ2n) is 9.88. The molecule has 0 aromatic rings. The first-order chi connectivity index (χ1) is 10.7. The molecule has 2 unspecified atom stereocenters. The number of carbonyl (C=O) groups excluding carboxylic acids is 1.